The molecule has 3 amide bonds. The molecule has 1 aromatic carbocycles. The first-order chi connectivity index (χ1) is 24.0. The highest BCUT2D eigenvalue weighted by molar-refractivity contribution is 6.47. The second-order valence-corrected chi connectivity index (χ2v) is 15.3. The number of carbonyl (C=O) groups is 3. The molecule has 3 saturated carbocycles. The Bertz CT molecular complexity index is 1280. The van der Waals surface area contributed by atoms with E-state index in [2.05, 4.69) is 46.2 Å². The molecule has 1 aromatic rings. The molecule has 2 bridgehead atoms. The lowest BCUT2D eigenvalue weighted by atomic mass is 9.47. The molecule has 9 nitrogen and oxygen atoms in total. The van der Waals surface area contributed by atoms with Crippen LogP contribution < -0.4 is 5.32 Å². The number of carboxylic acid groups (broad SMARTS) is 1. The number of likely N-dealkylation sites (tertiary alicyclic amines) is 1. The molecule has 2 N–H and O–H groups in total. The summed E-state index contributed by atoms with van der Waals surface area (Å²) in [4.78, 5) is 39.9. The number of carbonyl (C=O) groups excluding carboxylic acids is 2. The maximum Gasteiger partial charge on any atom is 0.481 e. The monoisotopic (exact) mass is 691 g/mol. The van der Waals surface area contributed by atoms with Crippen LogP contribution in [0.15, 0.2) is 49.6 Å². The van der Waals surface area contributed by atoms with Crippen LogP contribution in [0.2, 0.25) is 0 Å². The zero-order valence-corrected chi connectivity index (χ0v) is 31.1. The summed E-state index contributed by atoms with van der Waals surface area (Å²) in [5.74, 6) is 1.06. The average Bonchev–Trinajstić information content (AvgIpc) is 3.87. The quantitative estimate of drug-likeness (QED) is 0.124. The normalized spacial score (nSPS) is 25.8. The molecule has 2 saturated heterocycles. The van der Waals surface area contributed by atoms with Crippen LogP contribution in [0.3, 0.4) is 0 Å². The van der Waals surface area contributed by atoms with Crippen molar-refractivity contribution in [2.45, 2.75) is 148 Å². The van der Waals surface area contributed by atoms with Gasteiger partial charge in [-0.1, -0.05) is 89.8 Å². The van der Waals surface area contributed by atoms with Crippen LogP contribution in [-0.4, -0.2) is 70.7 Å². The number of nitrogens with one attached hydrogen (secondary N) is 1. The molecule has 6 unspecified atom stereocenters. The highest BCUT2D eigenvalue weighted by Crippen LogP contribution is 2.61. The van der Waals surface area contributed by atoms with E-state index in [4.69, 9.17) is 14.4 Å². The fraction of sp³-hybridized carbons (Fsp3) is 0.675. The highest BCUT2D eigenvalue weighted by Gasteiger charge is 2.62. The van der Waals surface area contributed by atoms with E-state index in [0.717, 1.165) is 68.9 Å². The van der Waals surface area contributed by atoms with Gasteiger partial charge in [0.15, 0.2) is 0 Å². The van der Waals surface area contributed by atoms with E-state index in [1.165, 1.54) is 17.7 Å². The summed E-state index contributed by atoms with van der Waals surface area (Å²) in [5.41, 5.74) is 2.57. The minimum Gasteiger partial charge on any atom is -0.465 e. The molecule has 5 fully saturated rings. The van der Waals surface area contributed by atoms with E-state index in [0.29, 0.717) is 49.7 Å². The van der Waals surface area contributed by atoms with Crippen LogP contribution in [0.1, 0.15) is 122 Å². The molecule has 50 heavy (non-hydrogen) atoms. The Morgan fingerprint density at radius 1 is 1.02 bits per heavy atom. The fourth-order valence-electron chi connectivity index (χ4n) is 8.29. The first-order valence-corrected chi connectivity index (χ1v) is 19.2. The van der Waals surface area contributed by atoms with Crippen molar-refractivity contribution in [3.8, 4) is 0 Å². The van der Waals surface area contributed by atoms with Crippen molar-refractivity contribution >= 4 is 25.0 Å². The molecule has 10 heteroatoms. The van der Waals surface area contributed by atoms with E-state index in [1.54, 1.807) is 11.0 Å². The van der Waals surface area contributed by atoms with Crippen LogP contribution in [0, 0.1) is 17.3 Å². The van der Waals surface area contributed by atoms with Crippen LogP contribution in [-0.2, 0) is 32.0 Å². The first-order valence-electron chi connectivity index (χ1n) is 19.2. The minimum atomic E-state index is -0.841. The SMILES string of the molecule is C=CCCCCCCC(NC(=O)C1CCCN1C(=O)CCC=C)B1OC2CC3CC(C2O1)C3(C)C.CCC.O=C(O)N1Cc2ccccc2C1. The third kappa shape index (κ3) is 9.81. The summed E-state index contributed by atoms with van der Waals surface area (Å²) in [6.45, 7) is 18.2. The Kier molecular flexibility index (Phi) is 15.0. The van der Waals surface area contributed by atoms with E-state index in [9.17, 15) is 14.4 Å². The molecular weight excluding hydrogens is 629 g/mol. The van der Waals surface area contributed by atoms with Crippen LogP contribution >= 0.6 is 0 Å². The number of nitrogens with zero attached hydrogens (tertiary/aromatic N) is 2. The van der Waals surface area contributed by atoms with Crippen molar-refractivity contribution in [1.29, 1.82) is 0 Å². The predicted molar refractivity (Wildman–Crippen MR) is 199 cm³/mol. The molecule has 3 aliphatic heterocycles. The third-order valence-corrected chi connectivity index (χ3v) is 11.3. The number of fused-ring (bicyclic) bond motifs is 1. The smallest absolute Gasteiger partial charge is 0.465 e. The van der Waals surface area contributed by atoms with Gasteiger partial charge in [-0.25, -0.2) is 4.79 Å². The van der Waals surface area contributed by atoms with Gasteiger partial charge in [-0.2, -0.15) is 0 Å². The van der Waals surface area contributed by atoms with Crippen LogP contribution in [0.25, 0.3) is 0 Å². The van der Waals surface area contributed by atoms with Gasteiger partial charge in [-0.15, -0.1) is 13.2 Å². The van der Waals surface area contributed by atoms with Gasteiger partial charge < -0.3 is 24.6 Å². The molecular formula is C40H62BN3O6. The molecule has 6 aliphatic rings. The maximum absolute atomic E-state index is 13.4. The summed E-state index contributed by atoms with van der Waals surface area (Å²) in [5, 5.41) is 12.0. The van der Waals surface area contributed by atoms with Gasteiger partial charge in [0.2, 0.25) is 11.8 Å². The van der Waals surface area contributed by atoms with Gasteiger partial charge in [0.1, 0.15) is 6.04 Å². The summed E-state index contributed by atoms with van der Waals surface area (Å²) in [6, 6.07) is 7.42. The van der Waals surface area contributed by atoms with Crippen LogP contribution in [0.5, 0.6) is 0 Å². The zero-order chi connectivity index (χ0) is 36.3. The number of unbranched alkanes of at least 4 members (excludes halogenated alkanes) is 4. The Hall–Kier alpha value is -3.11. The number of allylic oxidation sites excluding steroid dienone is 2. The maximum atomic E-state index is 13.4. The molecule has 3 aliphatic carbocycles. The Balaban J connectivity index is 0.000000309. The fourth-order valence-corrected chi connectivity index (χ4v) is 8.29. The summed E-state index contributed by atoms with van der Waals surface area (Å²) in [6.07, 6.45) is 15.7. The second kappa shape index (κ2) is 18.9. The van der Waals surface area contributed by atoms with Crippen LogP contribution in [0.4, 0.5) is 4.79 Å². The predicted octanol–water partition coefficient (Wildman–Crippen LogP) is 7.93. The molecule has 276 valence electrons. The summed E-state index contributed by atoms with van der Waals surface area (Å²) < 4.78 is 13.0. The van der Waals surface area contributed by atoms with E-state index < -0.39 is 19.3 Å². The highest BCUT2D eigenvalue weighted by atomic mass is 16.7. The zero-order valence-electron chi connectivity index (χ0n) is 31.1. The molecule has 0 radical (unpaired) electrons. The lowest BCUT2D eigenvalue weighted by Crippen LogP contribution is -2.59. The first kappa shape index (κ1) is 39.7. The largest absolute Gasteiger partial charge is 0.481 e. The summed E-state index contributed by atoms with van der Waals surface area (Å²) in [7, 11) is -0.399. The number of benzene rings is 1. The second-order valence-electron chi connectivity index (χ2n) is 15.3. The van der Waals surface area contributed by atoms with Gasteiger partial charge in [0, 0.05) is 26.1 Å². The molecule has 3 heterocycles. The van der Waals surface area contributed by atoms with Crippen molar-refractivity contribution in [2.24, 2.45) is 17.3 Å². The Labute approximate surface area is 301 Å². The molecule has 0 aromatic heterocycles. The Morgan fingerprint density at radius 3 is 2.30 bits per heavy atom. The summed E-state index contributed by atoms with van der Waals surface area (Å²) >= 11 is 0. The van der Waals surface area contributed by atoms with Gasteiger partial charge >= 0.3 is 13.2 Å². The number of amides is 3. The Morgan fingerprint density at radius 2 is 1.68 bits per heavy atom. The minimum absolute atomic E-state index is 0.0442. The number of hydrogen-bond donors (Lipinski definition) is 2. The van der Waals surface area contributed by atoms with Gasteiger partial charge in [0.25, 0.3) is 0 Å². The van der Waals surface area contributed by atoms with E-state index in [1.807, 2.05) is 30.3 Å². The van der Waals surface area contributed by atoms with Gasteiger partial charge in [-0.3, -0.25) is 14.5 Å². The standard InChI is InChI=1S/C28H45BN2O4.C9H9NO2.C3H8/c1-5-7-9-10-11-12-15-24(29-34-23-19-20-18-21(26(23)35-29)28(20,3)4)30-27(33)22-14-13-17-31(22)25(32)16-8-6-2;11-9(12)10-5-7-3-1-2-4-8(7)6-10;1-3-2/h5-6,20-24,26H,1-2,7-19H2,3-4H3,(H,30,33);1-4H,5-6H2,(H,11,12);3H2,1-2H3. The van der Waals surface area contributed by atoms with Crippen molar-refractivity contribution in [3.63, 3.8) is 0 Å². The van der Waals surface area contributed by atoms with Gasteiger partial charge in [0.05, 0.1) is 18.1 Å². The van der Waals surface area contributed by atoms with Crippen molar-refractivity contribution < 1.29 is 28.8 Å². The van der Waals surface area contributed by atoms with Crippen molar-refractivity contribution in [2.75, 3.05) is 6.54 Å². The lowest BCUT2D eigenvalue weighted by Gasteiger charge is -2.60. The van der Waals surface area contributed by atoms with Gasteiger partial charge in [-0.05, 0) is 79.7 Å². The third-order valence-electron chi connectivity index (χ3n) is 11.3. The number of rotatable bonds is 13. The van der Waals surface area contributed by atoms with Crippen molar-refractivity contribution in [1.82, 2.24) is 15.1 Å². The van der Waals surface area contributed by atoms with E-state index in [-0.39, 0.29) is 30.0 Å². The molecule has 6 atom stereocenters. The van der Waals surface area contributed by atoms with E-state index >= 15 is 0 Å². The molecule has 0 spiro atoms. The molecule has 7 rings (SSSR count). The number of hydrogen-bond acceptors (Lipinski definition) is 5. The topological polar surface area (TPSA) is 108 Å². The average molecular weight is 692 g/mol. The lowest BCUT2D eigenvalue weighted by molar-refractivity contribution is -0.150. The van der Waals surface area contributed by atoms with Crippen molar-refractivity contribution in [3.05, 3.63) is 60.7 Å².